The van der Waals surface area contributed by atoms with Crippen LogP contribution >= 0.6 is 49.6 Å². The Hall–Kier alpha value is -3.61. The summed E-state index contributed by atoms with van der Waals surface area (Å²) in [5, 5.41) is 32.4. The van der Waals surface area contributed by atoms with Crippen molar-refractivity contribution in [3.05, 3.63) is 47.5 Å². The number of fused-ring (bicyclic) bond motifs is 5. The molecule has 0 radical (unpaired) electrons. The molecule has 310 valence electrons. The molecule has 1 fully saturated rings. The molecule has 4 bridgehead atoms. The highest BCUT2D eigenvalue weighted by atomic mass is 35.5. The van der Waals surface area contributed by atoms with Crippen molar-refractivity contribution >= 4 is 79.2 Å². The molecule has 0 unspecified atom stereocenters. The van der Waals surface area contributed by atoms with E-state index in [0.717, 1.165) is 0 Å². The number of halogens is 4. The zero-order chi connectivity index (χ0) is 37.1. The number of hydrogen-bond donors (Lipinski definition) is 10. The number of benzene rings is 2. The lowest BCUT2D eigenvalue weighted by Gasteiger charge is -2.31. The molecule has 2 aromatic rings. The molecule has 5 amide bonds. The topological polar surface area (TPSA) is 281 Å². The minimum Gasteiger partial charge on any atom is -0.508 e. The Morgan fingerprint density at radius 3 is 2.02 bits per heavy atom. The third kappa shape index (κ3) is 13.8. The molecule has 16 nitrogen and oxygen atoms in total. The van der Waals surface area contributed by atoms with Crippen molar-refractivity contribution < 1.29 is 34.2 Å². The summed E-state index contributed by atoms with van der Waals surface area (Å²) in [5.74, 6) is -2.99. The number of rotatable bonds is 12. The fourth-order valence-electron chi connectivity index (χ4n) is 6.43. The first-order chi connectivity index (χ1) is 24.5. The molecule has 55 heavy (non-hydrogen) atoms. The highest BCUT2D eigenvalue weighted by Crippen LogP contribution is 2.31. The van der Waals surface area contributed by atoms with Gasteiger partial charge >= 0.3 is 0 Å². The van der Waals surface area contributed by atoms with E-state index >= 15 is 0 Å². The number of likely N-dealkylation sites (tertiary alicyclic amines) is 1. The van der Waals surface area contributed by atoms with Crippen molar-refractivity contribution in [3.8, 4) is 22.6 Å². The van der Waals surface area contributed by atoms with Gasteiger partial charge in [0.15, 0.2) is 0 Å². The van der Waals surface area contributed by atoms with E-state index in [0.29, 0.717) is 54.5 Å². The maximum Gasteiger partial charge on any atom is 0.246 e. The number of carbonyl (C=O) groups is 5. The second-order valence-corrected chi connectivity index (χ2v) is 13.0. The minimum atomic E-state index is -1.26. The summed E-state index contributed by atoms with van der Waals surface area (Å²) in [6.07, 6.45) is 1.92. The zero-order valence-electron chi connectivity index (χ0n) is 30.4. The van der Waals surface area contributed by atoms with Gasteiger partial charge in [-0.25, -0.2) is 0 Å². The Bertz CT molecular complexity index is 1590. The number of nitrogens with zero attached hydrogens (tertiary/aromatic N) is 1. The van der Waals surface area contributed by atoms with E-state index in [1.807, 2.05) is 0 Å². The lowest BCUT2D eigenvalue weighted by molar-refractivity contribution is -0.142. The normalized spacial score (nSPS) is 19.9. The van der Waals surface area contributed by atoms with Gasteiger partial charge in [-0.3, -0.25) is 24.0 Å². The summed E-state index contributed by atoms with van der Waals surface area (Å²) in [4.78, 5) is 69.3. The zero-order valence-corrected chi connectivity index (χ0v) is 33.6. The monoisotopic (exact) mass is 853 g/mol. The summed E-state index contributed by atoms with van der Waals surface area (Å²) in [7, 11) is 0. The smallest absolute Gasteiger partial charge is 0.246 e. The molecular formula is C35H55Cl4N9O7. The van der Waals surface area contributed by atoms with Gasteiger partial charge in [-0.1, -0.05) is 12.1 Å². The Balaban J connectivity index is 0.00000729. The number of phenols is 2. The van der Waals surface area contributed by atoms with Crippen LogP contribution in [0.15, 0.2) is 36.4 Å². The number of hydrogen-bond acceptors (Lipinski definition) is 11. The molecule has 0 saturated carbocycles. The van der Waals surface area contributed by atoms with Gasteiger partial charge in [0.1, 0.15) is 35.7 Å². The van der Waals surface area contributed by atoms with Gasteiger partial charge in [-0.05, 0) is 98.1 Å². The van der Waals surface area contributed by atoms with Crippen LogP contribution in [0.25, 0.3) is 11.1 Å². The van der Waals surface area contributed by atoms with E-state index in [4.69, 9.17) is 22.9 Å². The summed E-state index contributed by atoms with van der Waals surface area (Å²) in [5.41, 5.74) is 25.2. The number of phenolic OH excluding ortho intramolecular Hbond substituents is 2. The highest BCUT2D eigenvalue weighted by Gasteiger charge is 2.40. The van der Waals surface area contributed by atoms with Crippen molar-refractivity contribution in [2.45, 2.75) is 81.6 Å². The molecular weight excluding hydrogens is 800 g/mol. The second kappa shape index (κ2) is 24.8. The van der Waals surface area contributed by atoms with E-state index in [-0.39, 0.29) is 113 Å². The second-order valence-electron chi connectivity index (χ2n) is 13.0. The molecule has 2 aliphatic rings. The van der Waals surface area contributed by atoms with E-state index in [2.05, 4.69) is 21.3 Å². The van der Waals surface area contributed by atoms with Crippen LogP contribution in [0, 0.1) is 0 Å². The van der Waals surface area contributed by atoms with Crippen LogP contribution in [0.5, 0.6) is 11.5 Å². The minimum absolute atomic E-state index is 0. The molecule has 2 aromatic carbocycles. The maximum atomic E-state index is 14.4. The van der Waals surface area contributed by atoms with Crippen LogP contribution < -0.4 is 44.2 Å². The number of carbonyl (C=O) groups excluding carboxylic acids is 5. The molecule has 5 atom stereocenters. The molecule has 0 aliphatic carbocycles. The van der Waals surface area contributed by atoms with Gasteiger partial charge in [0.2, 0.25) is 29.5 Å². The first-order valence-electron chi connectivity index (χ1n) is 17.5. The number of aromatic hydroxyl groups is 2. The molecule has 1 saturated heterocycles. The van der Waals surface area contributed by atoms with Crippen molar-refractivity contribution in [1.82, 2.24) is 26.2 Å². The summed E-state index contributed by atoms with van der Waals surface area (Å²) in [6.45, 7) is 1.20. The fraction of sp³-hybridized carbons (Fsp3) is 0.514. The highest BCUT2D eigenvalue weighted by molar-refractivity contribution is 5.96. The first-order valence-corrected chi connectivity index (χ1v) is 17.5. The molecule has 2 aliphatic heterocycles. The van der Waals surface area contributed by atoms with Crippen molar-refractivity contribution in [2.75, 3.05) is 32.7 Å². The Morgan fingerprint density at radius 1 is 0.836 bits per heavy atom. The molecule has 0 aromatic heterocycles. The standard InChI is InChI=1S/C35H51N9O7.4ClH/c36-11-1-4-25(32(48)40-14-13-38)42-34(50)28-6-3-15-44(28)35(51)27-19-23-17-21(8-10-30(23)46)20-7-9-29(45)22(16-20)18-24(39)31(47)41-26(5-2-12-37)33(49)43-27;;;;/h7-10,16-17,24-28,45-46H,1-6,11-15,18-19,36-39H2,(H,40,48)(H,41,47)(H,42,50)(H,43,49);4*1H/t24-,25-,26-,27-,28-;;;;/m0..../s1. The lowest BCUT2D eigenvalue weighted by atomic mass is 9.95. The third-order valence-corrected chi connectivity index (χ3v) is 9.25. The van der Waals surface area contributed by atoms with Crippen molar-refractivity contribution in [2.24, 2.45) is 22.9 Å². The number of amides is 5. The Labute approximate surface area is 345 Å². The Kier molecular flexibility index (Phi) is 23.2. The third-order valence-electron chi connectivity index (χ3n) is 9.25. The average molecular weight is 856 g/mol. The largest absolute Gasteiger partial charge is 0.508 e. The Morgan fingerprint density at radius 2 is 1.44 bits per heavy atom. The van der Waals surface area contributed by atoms with Gasteiger partial charge in [-0.2, -0.15) is 0 Å². The van der Waals surface area contributed by atoms with Crippen LogP contribution in [0.1, 0.15) is 49.7 Å². The van der Waals surface area contributed by atoms with Gasteiger partial charge in [-0.15, -0.1) is 49.6 Å². The van der Waals surface area contributed by atoms with E-state index in [9.17, 15) is 34.2 Å². The van der Waals surface area contributed by atoms with Crippen LogP contribution in [0.2, 0.25) is 0 Å². The molecule has 20 heteroatoms. The first kappa shape index (κ1) is 51.4. The van der Waals surface area contributed by atoms with Crippen molar-refractivity contribution in [3.63, 3.8) is 0 Å². The fourth-order valence-corrected chi connectivity index (χ4v) is 6.43. The SMILES string of the molecule is Cl.Cl.Cl.Cl.NCCC[C@@H]1NC(=O)[C@@H](N)Cc2cc(ccc2O)-c2ccc(O)c(c2)C[C@@H](C(=O)N2CCC[C@H]2C(=O)N[C@@H](CCCN)C(=O)NCCN)NC1=O. The summed E-state index contributed by atoms with van der Waals surface area (Å²) < 4.78 is 0. The van der Waals surface area contributed by atoms with E-state index in [1.165, 1.54) is 17.0 Å². The van der Waals surface area contributed by atoms with E-state index in [1.54, 1.807) is 24.3 Å². The van der Waals surface area contributed by atoms with Gasteiger partial charge in [0.25, 0.3) is 0 Å². The predicted octanol–water partition coefficient (Wildman–Crippen LogP) is -0.124. The van der Waals surface area contributed by atoms with Gasteiger partial charge in [0, 0.05) is 32.5 Å². The van der Waals surface area contributed by atoms with Crippen LogP contribution in [0.3, 0.4) is 0 Å². The van der Waals surface area contributed by atoms with Crippen molar-refractivity contribution in [1.29, 1.82) is 0 Å². The molecule has 4 rings (SSSR count). The van der Waals surface area contributed by atoms with Crippen LogP contribution in [-0.2, 0) is 36.8 Å². The lowest BCUT2D eigenvalue weighted by Crippen LogP contribution is -2.59. The number of nitrogens with one attached hydrogen (secondary N) is 4. The molecule has 0 spiro atoms. The molecule has 2 heterocycles. The average Bonchev–Trinajstić information content (AvgIpc) is 3.61. The van der Waals surface area contributed by atoms with Crippen LogP contribution in [-0.4, -0.2) is 108 Å². The quantitative estimate of drug-likeness (QED) is 0.134. The summed E-state index contributed by atoms with van der Waals surface area (Å²) in [6, 6.07) is 4.37. The van der Waals surface area contributed by atoms with Gasteiger partial charge < -0.3 is 59.3 Å². The molecule has 14 N–H and O–H groups in total. The maximum absolute atomic E-state index is 14.4. The van der Waals surface area contributed by atoms with E-state index < -0.39 is 59.7 Å². The van der Waals surface area contributed by atoms with Crippen LogP contribution in [0.4, 0.5) is 0 Å². The number of nitrogens with two attached hydrogens (primary N) is 4. The predicted molar refractivity (Wildman–Crippen MR) is 219 cm³/mol. The van der Waals surface area contributed by atoms with Gasteiger partial charge in [0.05, 0.1) is 6.04 Å². The summed E-state index contributed by atoms with van der Waals surface area (Å²) >= 11 is 0.